The first-order valence-electron chi connectivity index (χ1n) is 7.65. The van der Waals surface area contributed by atoms with E-state index in [-0.39, 0.29) is 5.91 Å². The lowest BCUT2D eigenvalue weighted by atomic mass is 10.2. The molecule has 7 nitrogen and oxygen atoms in total. The van der Waals surface area contributed by atoms with Gasteiger partial charge in [-0.25, -0.2) is 4.98 Å². The molecule has 1 aromatic heterocycles. The fraction of sp³-hybridized carbons (Fsp3) is 0.600. The van der Waals surface area contributed by atoms with E-state index >= 15 is 0 Å². The first kappa shape index (κ1) is 16.7. The number of hydrogen-bond acceptors (Lipinski definition) is 6. The van der Waals surface area contributed by atoms with Gasteiger partial charge in [0, 0.05) is 38.9 Å². The summed E-state index contributed by atoms with van der Waals surface area (Å²) in [6.45, 7) is 6.67. The van der Waals surface area contributed by atoms with Crippen molar-refractivity contribution >= 4 is 11.7 Å². The molecular formula is C15H24N4O3. The van der Waals surface area contributed by atoms with Gasteiger partial charge >= 0.3 is 0 Å². The molecule has 0 aliphatic carbocycles. The van der Waals surface area contributed by atoms with E-state index in [0.717, 1.165) is 26.3 Å². The highest BCUT2D eigenvalue weighted by Gasteiger charge is 2.14. The summed E-state index contributed by atoms with van der Waals surface area (Å²) in [4.78, 5) is 18.0. The molecule has 1 aromatic rings. The Kier molecular flexibility index (Phi) is 6.57. The van der Waals surface area contributed by atoms with Gasteiger partial charge in [-0.3, -0.25) is 9.69 Å². The van der Waals surface area contributed by atoms with Crippen LogP contribution in [0.25, 0.3) is 0 Å². The first-order chi connectivity index (χ1) is 10.7. The van der Waals surface area contributed by atoms with Gasteiger partial charge in [0.05, 0.1) is 24.9 Å². The Morgan fingerprint density at radius 1 is 1.45 bits per heavy atom. The molecule has 3 N–H and O–H groups in total. The monoisotopic (exact) mass is 308 g/mol. The molecule has 1 aliphatic heterocycles. The highest BCUT2D eigenvalue weighted by molar-refractivity contribution is 5.93. The summed E-state index contributed by atoms with van der Waals surface area (Å²) in [6, 6.07) is 3.46. The van der Waals surface area contributed by atoms with E-state index in [4.69, 9.17) is 4.74 Å². The number of nitrogens with one attached hydrogen (secondary N) is 2. The molecule has 0 radical (unpaired) electrons. The fourth-order valence-electron chi connectivity index (χ4n) is 2.26. The minimum absolute atomic E-state index is 0.131. The average molecular weight is 308 g/mol. The number of hydrogen-bond donors (Lipinski definition) is 3. The second kappa shape index (κ2) is 8.67. The number of carbonyl (C=O) groups is 1. The normalized spacial score (nSPS) is 17.0. The summed E-state index contributed by atoms with van der Waals surface area (Å²) < 4.78 is 5.28. The van der Waals surface area contributed by atoms with Gasteiger partial charge in [0.1, 0.15) is 5.82 Å². The predicted molar refractivity (Wildman–Crippen MR) is 84.0 cm³/mol. The number of anilines is 1. The summed E-state index contributed by atoms with van der Waals surface area (Å²) >= 11 is 0. The van der Waals surface area contributed by atoms with Crippen LogP contribution in [0.15, 0.2) is 18.3 Å². The third-order valence-corrected chi connectivity index (χ3v) is 3.45. The van der Waals surface area contributed by atoms with Crippen LogP contribution < -0.4 is 10.6 Å². The summed E-state index contributed by atoms with van der Waals surface area (Å²) in [5, 5.41) is 15.8. The summed E-state index contributed by atoms with van der Waals surface area (Å²) in [5.74, 6) is 0.517. The number of aliphatic hydroxyl groups is 1. The van der Waals surface area contributed by atoms with E-state index < -0.39 is 6.10 Å². The Hall–Kier alpha value is -1.70. The largest absolute Gasteiger partial charge is 0.390 e. The molecule has 1 atom stereocenters. The quantitative estimate of drug-likeness (QED) is 0.654. The molecule has 122 valence electrons. The van der Waals surface area contributed by atoms with Gasteiger partial charge < -0.3 is 20.5 Å². The molecule has 2 rings (SSSR count). The van der Waals surface area contributed by atoms with Crippen LogP contribution in [0.2, 0.25) is 0 Å². The zero-order chi connectivity index (χ0) is 15.8. The topological polar surface area (TPSA) is 86.7 Å². The highest BCUT2D eigenvalue weighted by atomic mass is 16.5. The molecule has 1 aliphatic rings. The van der Waals surface area contributed by atoms with Crippen molar-refractivity contribution in [3.63, 3.8) is 0 Å². The van der Waals surface area contributed by atoms with Crippen molar-refractivity contribution in [1.29, 1.82) is 0 Å². The van der Waals surface area contributed by atoms with Gasteiger partial charge in [0.15, 0.2) is 0 Å². The van der Waals surface area contributed by atoms with Crippen molar-refractivity contribution in [3.8, 4) is 0 Å². The van der Waals surface area contributed by atoms with Crippen molar-refractivity contribution in [2.75, 3.05) is 51.3 Å². The van der Waals surface area contributed by atoms with E-state index in [0.29, 0.717) is 31.0 Å². The van der Waals surface area contributed by atoms with Gasteiger partial charge in [0.2, 0.25) is 0 Å². The van der Waals surface area contributed by atoms with Crippen LogP contribution in [-0.2, 0) is 4.74 Å². The molecule has 1 saturated heterocycles. The minimum Gasteiger partial charge on any atom is -0.390 e. The first-order valence-corrected chi connectivity index (χ1v) is 7.65. The Bertz CT molecular complexity index is 460. The lowest BCUT2D eigenvalue weighted by Gasteiger charge is -2.28. The van der Waals surface area contributed by atoms with E-state index in [1.54, 1.807) is 12.1 Å². The van der Waals surface area contributed by atoms with Gasteiger partial charge in [-0.05, 0) is 19.1 Å². The molecule has 0 aromatic carbocycles. The van der Waals surface area contributed by atoms with Gasteiger partial charge in [0.25, 0.3) is 5.91 Å². The number of rotatable bonds is 7. The van der Waals surface area contributed by atoms with Crippen LogP contribution in [-0.4, -0.2) is 72.9 Å². The molecule has 1 fully saturated rings. The van der Waals surface area contributed by atoms with Gasteiger partial charge in [-0.15, -0.1) is 0 Å². The van der Waals surface area contributed by atoms with Crippen LogP contribution in [0.5, 0.6) is 0 Å². The van der Waals surface area contributed by atoms with Crippen molar-refractivity contribution in [2.24, 2.45) is 0 Å². The minimum atomic E-state index is -0.469. The standard InChI is InChI=1S/C15H24N4O3/c1-2-16-15(21)12-3-4-14(17-9-12)18-10-13(20)11-19-5-7-22-8-6-19/h3-4,9,13,20H,2,5-8,10-11H2,1H3,(H,16,21)(H,17,18). The maximum atomic E-state index is 11.6. The van der Waals surface area contributed by atoms with Gasteiger partial charge in [-0.2, -0.15) is 0 Å². The van der Waals surface area contributed by atoms with Crippen LogP contribution >= 0.6 is 0 Å². The van der Waals surface area contributed by atoms with E-state index in [1.807, 2.05) is 6.92 Å². The van der Waals surface area contributed by atoms with E-state index in [9.17, 15) is 9.90 Å². The Balaban J connectivity index is 1.74. The molecule has 7 heteroatoms. The predicted octanol–water partition coefficient (Wildman–Crippen LogP) is -0.0637. The average Bonchev–Trinajstić information content (AvgIpc) is 2.54. The maximum Gasteiger partial charge on any atom is 0.252 e. The van der Waals surface area contributed by atoms with Crippen molar-refractivity contribution < 1.29 is 14.6 Å². The number of aromatic nitrogens is 1. The molecule has 0 saturated carbocycles. The van der Waals surface area contributed by atoms with Gasteiger partial charge in [-0.1, -0.05) is 0 Å². The molecule has 0 spiro atoms. The summed E-state index contributed by atoms with van der Waals surface area (Å²) in [6.07, 6.45) is 1.06. The number of carbonyl (C=O) groups excluding carboxylic acids is 1. The lowest BCUT2D eigenvalue weighted by molar-refractivity contribution is 0.0171. The maximum absolute atomic E-state index is 11.6. The highest BCUT2D eigenvalue weighted by Crippen LogP contribution is 2.06. The summed E-state index contributed by atoms with van der Waals surface area (Å²) in [7, 11) is 0. The second-order valence-corrected chi connectivity index (χ2v) is 5.24. The van der Waals surface area contributed by atoms with E-state index in [1.165, 1.54) is 6.20 Å². The van der Waals surface area contributed by atoms with Crippen molar-refractivity contribution in [3.05, 3.63) is 23.9 Å². The molecule has 2 heterocycles. The summed E-state index contributed by atoms with van der Waals surface area (Å²) in [5.41, 5.74) is 0.529. The Morgan fingerprint density at radius 3 is 2.86 bits per heavy atom. The zero-order valence-electron chi connectivity index (χ0n) is 12.9. The van der Waals surface area contributed by atoms with Crippen LogP contribution in [0.4, 0.5) is 5.82 Å². The lowest BCUT2D eigenvalue weighted by Crippen LogP contribution is -2.42. The number of amides is 1. The molecule has 0 bridgehead atoms. The third kappa shape index (κ3) is 5.25. The molecule has 22 heavy (non-hydrogen) atoms. The van der Waals surface area contributed by atoms with Crippen molar-refractivity contribution in [1.82, 2.24) is 15.2 Å². The smallest absolute Gasteiger partial charge is 0.252 e. The Labute approximate surface area is 130 Å². The third-order valence-electron chi connectivity index (χ3n) is 3.45. The SMILES string of the molecule is CCNC(=O)c1ccc(NCC(O)CN2CCOCC2)nc1. The zero-order valence-corrected chi connectivity index (χ0v) is 12.9. The fourth-order valence-corrected chi connectivity index (χ4v) is 2.26. The molecule has 1 unspecified atom stereocenters. The number of morpholine rings is 1. The van der Waals surface area contributed by atoms with Crippen LogP contribution in [0.1, 0.15) is 17.3 Å². The number of nitrogens with zero attached hydrogens (tertiary/aromatic N) is 2. The van der Waals surface area contributed by atoms with E-state index in [2.05, 4.69) is 20.5 Å². The Morgan fingerprint density at radius 2 is 2.23 bits per heavy atom. The number of β-amino-alcohol motifs (C(OH)–C–C–N with tert-alkyl or cyclic N) is 1. The second-order valence-electron chi connectivity index (χ2n) is 5.24. The van der Waals surface area contributed by atoms with Crippen LogP contribution in [0, 0.1) is 0 Å². The van der Waals surface area contributed by atoms with Crippen LogP contribution in [0.3, 0.4) is 0 Å². The molecule has 1 amide bonds. The molecular weight excluding hydrogens is 284 g/mol. The number of aliphatic hydroxyl groups excluding tert-OH is 1. The number of ether oxygens (including phenoxy) is 1. The number of pyridine rings is 1. The van der Waals surface area contributed by atoms with Crippen molar-refractivity contribution in [2.45, 2.75) is 13.0 Å².